The van der Waals surface area contributed by atoms with E-state index in [0.717, 1.165) is 12.5 Å². The first-order valence-corrected chi connectivity index (χ1v) is 9.62. The van der Waals surface area contributed by atoms with Crippen LogP contribution < -0.4 is 16.0 Å². The maximum absolute atomic E-state index is 11.8. The van der Waals surface area contributed by atoms with Crippen LogP contribution in [0.15, 0.2) is 63.0 Å². The van der Waals surface area contributed by atoms with E-state index in [4.69, 9.17) is 4.42 Å². The zero-order valence-corrected chi connectivity index (χ0v) is 18.8. The van der Waals surface area contributed by atoms with Crippen LogP contribution in [0.1, 0.15) is 24.4 Å². The molecule has 8 heteroatoms. The van der Waals surface area contributed by atoms with Crippen molar-refractivity contribution in [2.24, 2.45) is 4.99 Å². The van der Waals surface area contributed by atoms with Crippen LogP contribution in [0.3, 0.4) is 0 Å². The normalized spacial score (nSPS) is 12.0. The number of hydrogen-bond acceptors (Lipinski definition) is 4. The summed E-state index contributed by atoms with van der Waals surface area (Å²) in [6.07, 6.45) is 1.48. The number of guanidine groups is 1. The minimum atomic E-state index is -0.216. The average molecular weight is 502 g/mol. The van der Waals surface area contributed by atoms with Gasteiger partial charge in [0, 0.05) is 29.8 Å². The molecule has 1 unspecified atom stereocenters. The van der Waals surface area contributed by atoms with E-state index in [1.165, 1.54) is 11.2 Å². The Balaban J connectivity index is 0.00000364. The summed E-state index contributed by atoms with van der Waals surface area (Å²) >= 11 is 1.80. The zero-order valence-electron chi connectivity index (χ0n) is 15.6. The molecule has 3 N–H and O–H groups in total. The average Bonchev–Trinajstić information content (AvgIpc) is 3.18. The highest BCUT2D eigenvalue weighted by Crippen LogP contribution is 2.22. The molecule has 6 nitrogen and oxygen atoms in total. The lowest BCUT2D eigenvalue weighted by Gasteiger charge is -2.13. The molecular weight excluding hydrogens is 475 g/mol. The van der Waals surface area contributed by atoms with Crippen LogP contribution in [0, 0.1) is 0 Å². The lowest BCUT2D eigenvalue weighted by atomic mass is 10.4. The summed E-state index contributed by atoms with van der Waals surface area (Å²) in [4.78, 5) is 17.6. The van der Waals surface area contributed by atoms with Crippen LogP contribution in [0.25, 0.3) is 0 Å². The first-order chi connectivity index (χ1) is 12.7. The Morgan fingerprint density at radius 1 is 1.11 bits per heavy atom. The number of carbonyl (C=O) groups is 1. The van der Waals surface area contributed by atoms with Crippen LogP contribution in [0.5, 0.6) is 0 Å². The van der Waals surface area contributed by atoms with E-state index in [2.05, 4.69) is 40.0 Å². The van der Waals surface area contributed by atoms with Gasteiger partial charge in [0.1, 0.15) is 0 Å². The van der Waals surface area contributed by atoms with Gasteiger partial charge in [-0.1, -0.05) is 25.1 Å². The Morgan fingerprint density at radius 3 is 2.52 bits per heavy atom. The molecule has 2 rings (SSSR count). The van der Waals surface area contributed by atoms with E-state index in [-0.39, 0.29) is 29.9 Å². The highest BCUT2D eigenvalue weighted by Gasteiger charge is 2.07. The number of thioether (sulfide) groups is 1. The van der Waals surface area contributed by atoms with Crippen molar-refractivity contribution in [3.05, 3.63) is 54.5 Å². The van der Waals surface area contributed by atoms with Crippen molar-refractivity contribution in [1.82, 2.24) is 16.0 Å². The largest absolute Gasteiger partial charge is 0.459 e. The fraction of sp³-hybridized carbons (Fsp3) is 0.368. The van der Waals surface area contributed by atoms with Gasteiger partial charge in [0.25, 0.3) is 5.91 Å². The molecule has 0 saturated carbocycles. The quantitative estimate of drug-likeness (QED) is 0.161. The number of nitrogens with zero attached hydrogens (tertiary/aromatic N) is 1. The van der Waals surface area contributed by atoms with E-state index in [0.29, 0.717) is 30.6 Å². The Bertz CT molecular complexity index is 680. The molecule has 0 radical (unpaired) electrons. The predicted molar refractivity (Wildman–Crippen MR) is 122 cm³/mol. The van der Waals surface area contributed by atoms with Gasteiger partial charge >= 0.3 is 0 Å². The van der Waals surface area contributed by atoms with E-state index in [9.17, 15) is 4.79 Å². The van der Waals surface area contributed by atoms with Crippen LogP contribution in [-0.4, -0.2) is 43.3 Å². The van der Waals surface area contributed by atoms with E-state index in [1.54, 1.807) is 23.9 Å². The molecule has 0 bridgehead atoms. The summed E-state index contributed by atoms with van der Waals surface area (Å²) in [5, 5.41) is 9.61. The number of hydrogen-bond donors (Lipinski definition) is 3. The van der Waals surface area contributed by atoms with Gasteiger partial charge in [-0.15, -0.1) is 35.7 Å². The van der Waals surface area contributed by atoms with Crippen LogP contribution in [0.4, 0.5) is 0 Å². The van der Waals surface area contributed by atoms with E-state index < -0.39 is 0 Å². The van der Waals surface area contributed by atoms with Gasteiger partial charge in [-0.05, 0) is 31.2 Å². The molecule has 0 aliphatic heterocycles. The van der Waals surface area contributed by atoms with E-state index >= 15 is 0 Å². The maximum Gasteiger partial charge on any atom is 0.287 e. The number of benzene rings is 1. The second-order valence-corrected chi connectivity index (χ2v) is 7.13. The second-order valence-electron chi connectivity index (χ2n) is 5.62. The first kappa shape index (κ1) is 23.4. The fourth-order valence-electron chi connectivity index (χ4n) is 2.18. The Kier molecular flexibility index (Phi) is 11.7. The van der Waals surface area contributed by atoms with Crippen LogP contribution in [0.2, 0.25) is 0 Å². The Morgan fingerprint density at radius 2 is 1.85 bits per heavy atom. The summed E-state index contributed by atoms with van der Waals surface area (Å²) in [6.45, 7) is 6.74. The number of halogens is 1. The second kappa shape index (κ2) is 13.5. The molecule has 0 saturated heterocycles. The summed E-state index contributed by atoms with van der Waals surface area (Å²) in [5.41, 5.74) is 0. The third-order valence-corrected chi connectivity index (χ3v) is 4.47. The van der Waals surface area contributed by atoms with Crippen molar-refractivity contribution in [2.75, 3.05) is 26.2 Å². The lowest BCUT2D eigenvalue weighted by Crippen LogP contribution is -2.41. The SMILES string of the molecule is CCNC(=NCC(C)Sc1ccccc1)NCCNC(=O)c1ccco1.I. The number of aliphatic imine (C=N–C) groups is 1. The van der Waals surface area contributed by atoms with Crippen LogP contribution in [-0.2, 0) is 0 Å². The zero-order chi connectivity index (χ0) is 18.6. The molecule has 1 atom stereocenters. The maximum atomic E-state index is 11.8. The van der Waals surface area contributed by atoms with Gasteiger partial charge in [-0.3, -0.25) is 9.79 Å². The third kappa shape index (κ3) is 9.18. The van der Waals surface area contributed by atoms with Gasteiger partial charge in [-0.2, -0.15) is 0 Å². The lowest BCUT2D eigenvalue weighted by molar-refractivity contribution is 0.0926. The summed E-state index contributed by atoms with van der Waals surface area (Å²) in [5.74, 6) is 0.851. The predicted octanol–water partition coefficient (Wildman–Crippen LogP) is 3.36. The summed E-state index contributed by atoms with van der Waals surface area (Å²) in [7, 11) is 0. The minimum Gasteiger partial charge on any atom is -0.459 e. The van der Waals surface area contributed by atoms with Crippen molar-refractivity contribution in [3.8, 4) is 0 Å². The number of furan rings is 1. The standard InChI is InChI=1S/C19H26N4O2S.HI/c1-3-20-19(22-12-11-21-18(24)17-10-7-13-25-17)23-14-15(2)26-16-8-5-4-6-9-16;/h4-10,13,15H,3,11-12,14H2,1-2H3,(H,21,24)(H2,20,22,23);1H. The number of carbonyl (C=O) groups excluding carboxylic acids is 1. The van der Waals surface area contributed by atoms with Crippen molar-refractivity contribution >= 4 is 47.6 Å². The minimum absolute atomic E-state index is 0. The molecule has 27 heavy (non-hydrogen) atoms. The highest BCUT2D eigenvalue weighted by atomic mass is 127. The van der Waals surface area contributed by atoms with Crippen molar-refractivity contribution in [1.29, 1.82) is 0 Å². The molecule has 0 aliphatic rings. The fourth-order valence-corrected chi connectivity index (χ4v) is 3.11. The molecule has 0 fully saturated rings. The third-order valence-electron chi connectivity index (χ3n) is 3.38. The highest BCUT2D eigenvalue weighted by molar-refractivity contribution is 14.0. The molecule has 1 aromatic heterocycles. The smallest absolute Gasteiger partial charge is 0.287 e. The summed E-state index contributed by atoms with van der Waals surface area (Å²) in [6, 6.07) is 13.6. The Hall–Kier alpha value is -1.68. The molecule has 148 valence electrons. The van der Waals surface area contributed by atoms with Gasteiger partial charge < -0.3 is 20.4 Å². The van der Waals surface area contributed by atoms with Gasteiger partial charge in [0.15, 0.2) is 11.7 Å². The van der Waals surface area contributed by atoms with Gasteiger partial charge in [0.05, 0.1) is 12.8 Å². The van der Waals surface area contributed by atoms with Crippen molar-refractivity contribution < 1.29 is 9.21 Å². The molecule has 2 aromatic rings. The molecule has 1 heterocycles. The van der Waals surface area contributed by atoms with Gasteiger partial charge in [-0.25, -0.2) is 0 Å². The number of rotatable bonds is 9. The van der Waals surface area contributed by atoms with Crippen molar-refractivity contribution in [2.45, 2.75) is 24.0 Å². The molecule has 1 amide bonds. The van der Waals surface area contributed by atoms with Crippen LogP contribution >= 0.6 is 35.7 Å². The monoisotopic (exact) mass is 502 g/mol. The van der Waals surface area contributed by atoms with Gasteiger partial charge in [0.2, 0.25) is 0 Å². The number of amides is 1. The molecular formula is C19H27IN4O2S. The number of nitrogens with one attached hydrogen (secondary N) is 3. The molecule has 0 aliphatic carbocycles. The van der Waals surface area contributed by atoms with E-state index in [1.807, 2.05) is 25.1 Å². The molecule has 1 aromatic carbocycles. The Labute approximate surface area is 182 Å². The topological polar surface area (TPSA) is 78.7 Å². The molecule has 0 spiro atoms. The van der Waals surface area contributed by atoms with Crippen molar-refractivity contribution in [3.63, 3.8) is 0 Å². The summed E-state index contributed by atoms with van der Waals surface area (Å²) < 4.78 is 5.05. The first-order valence-electron chi connectivity index (χ1n) is 8.74.